The van der Waals surface area contributed by atoms with Gasteiger partial charge in [0, 0.05) is 51.0 Å². The quantitative estimate of drug-likeness (QED) is 0.526. The molecule has 0 bridgehead atoms. The standard InChI is InChI=1S/C25H44N6O2S/c1-2-3-8-19-34(32,33)31-18-10-12-23(21-31)30-17-9-11-22(20-30)27-25-26-14-13-24(28-25)29-15-6-4-5-7-16-29/h13-14,22-23H,2-12,15-21H2,1H3,(H,26,27,28). The normalized spacial score (nSPS) is 25.7. The van der Waals surface area contributed by atoms with Gasteiger partial charge >= 0.3 is 0 Å². The van der Waals surface area contributed by atoms with Gasteiger partial charge in [-0.1, -0.05) is 32.6 Å². The number of rotatable bonds is 9. The monoisotopic (exact) mass is 492 g/mol. The van der Waals surface area contributed by atoms with Crippen LogP contribution < -0.4 is 10.2 Å². The van der Waals surface area contributed by atoms with E-state index < -0.39 is 10.0 Å². The summed E-state index contributed by atoms with van der Waals surface area (Å²) in [4.78, 5) is 14.3. The predicted molar refractivity (Wildman–Crippen MR) is 139 cm³/mol. The first kappa shape index (κ1) is 25.6. The second-order valence-electron chi connectivity index (χ2n) is 10.3. The number of hydrogen-bond acceptors (Lipinski definition) is 7. The van der Waals surface area contributed by atoms with E-state index in [-0.39, 0.29) is 0 Å². The van der Waals surface area contributed by atoms with Crippen molar-refractivity contribution in [2.45, 2.75) is 89.6 Å². The van der Waals surface area contributed by atoms with E-state index in [0.717, 1.165) is 82.9 Å². The van der Waals surface area contributed by atoms with E-state index >= 15 is 0 Å². The number of nitrogens with zero attached hydrogens (tertiary/aromatic N) is 5. The highest BCUT2D eigenvalue weighted by Crippen LogP contribution is 2.24. The lowest BCUT2D eigenvalue weighted by atomic mass is 9.99. The number of aromatic nitrogens is 2. The van der Waals surface area contributed by atoms with Crippen LogP contribution in [0.1, 0.15) is 77.6 Å². The van der Waals surface area contributed by atoms with Gasteiger partial charge in [0.2, 0.25) is 16.0 Å². The second-order valence-corrected chi connectivity index (χ2v) is 12.4. The summed E-state index contributed by atoms with van der Waals surface area (Å²) in [7, 11) is -3.14. The molecule has 8 nitrogen and oxygen atoms in total. The lowest BCUT2D eigenvalue weighted by Crippen LogP contribution is -2.54. The molecule has 3 aliphatic rings. The molecule has 1 N–H and O–H groups in total. The Balaban J connectivity index is 1.33. The Bertz CT molecular complexity index is 859. The van der Waals surface area contributed by atoms with Crippen LogP contribution in [0, 0.1) is 0 Å². The van der Waals surface area contributed by atoms with Crippen molar-refractivity contribution in [2.75, 3.05) is 55.2 Å². The molecule has 2 atom stereocenters. The van der Waals surface area contributed by atoms with E-state index in [2.05, 4.69) is 27.0 Å². The minimum absolute atomic E-state index is 0.294. The van der Waals surface area contributed by atoms with Crippen LogP contribution in [0.15, 0.2) is 12.3 Å². The fourth-order valence-electron chi connectivity index (χ4n) is 5.67. The Labute approximate surface area is 206 Å². The summed E-state index contributed by atoms with van der Waals surface area (Å²) in [5.41, 5.74) is 0. The molecule has 9 heteroatoms. The Kier molecular flexibility index (Phi) is 9.42. The molecule has 0 aromatic carbocycles. The van der Waals surface area contributed by atoms with E-state index in [9.17, 15) is 8.42 Å². The molecule has 3 fully saturated rings. The molecule has 0 saturated carbocycles. The Morgan fingerprint density at radius 3 is 2.56 bits per heavy atom. The van der Waals surface area contributed by atoms with Crippen molar-refractivity contribution in [3.05, 3.63) is 12.3 Å². The first-order chi connectivity index (χ1) is 16.5. The number of unbranched alkanes of at least 4 members (excludes halogenated alkanes) is 2. The number of anilines is 2. The summed E-state index contributed by atoms with van der Waals surface area (Å²) in [6.45, 7) is 7.55. The van der Waals surface area contributed by atoms with Crippen LogP contribution in [0.4, 0.5) is 11.8 Å². The molecule has 4 rings (SSSR count). The minimum Gasteiger partial charge on any atom is -0.356 e. The van der Waals surface area contributed by atoms with Gasteiger partial charge in [0.1, 0.15) is 5.82 Å². The third-order valence-corrected chi connectivity index (χ3v) is 9.55. The Morgan fingerprint density at radius 1 is 0.971 bits per heavy atom. The zero-order valence-electron chi connectivity index (χ0n) is 21.0. The van der Waals surface area contributed by atoms with Gasteiger partial charge in [0.25, 0.3) is 0 Å². The summed E-state index contributed by atoms with van der Waals surface area (Å²) in [6, 6.07) is 2.63. The van der Waals surface area contributed by atoms with E-state index in [0.29, 0.717) is 30.9 Å². The molecule has 1 aromatic rings. The molecule has 1 aromatic heterocycles. The first-order valence-electron chi connectivity index (χ1n) is 13.6. The smallest absolute Gasteiger partial charge is 0.224 e. The van der Waals surface area contributed by atoms with Gasteiger partial charge in [-0.3, -0.25) is 4.90 Å². The highest BCUT2D eigenvalue weighted by molar-refractivity contribution is 7.89. The third kappa shape index (κ3) is 7.04. The summed E-state index contributed by atoms with van der Waals surface area (Å²) >= 11 is 0. The van der Waals surface area contributed by atoms with Gasteiger partial charge in [0.15, 0.2) is 0 Å². The maximum atomic E-state index is 12.9. The van der Waals surface area contributed by atoms with Crippen LogP contribution in [0.2, 0.25) is 0 Å². The zero-order valence-corrected chi connectivity index (χ0v) is 21.8. The van der Waals surface area contributed by atoms with Gasteiger partial charge in [-0.05, 0) is 57.6 Å². The van der Waals surface area contributed by atoms with E-state index in [4.69, 9.17) is 4.98 Å². The van der Waals surface area contributed by atoms with Crippen LogP contribution in [-0.4, -0.2) is 84.7 Å². The molecular formula is C25H44N6O2S. The Morgan fingerprint density at radius 2 is 1.76 bits per heavy atom. The predicted octanol–water partition coefficient (Wildman–Crippen LogP) is 3.72. The fraction of sp³-hybridized carbons (Fsp3) is 0.840. The molecule has 0 spiro atoms. The number of nitrogens with one attached hydrogen (secondary N) is 1. The first-order valence-corrected chi connectivity index (χ1v) is 15.2. The lowest BCUT2D eigenvalue weighted by molar-refractivity contribution is 0.108. The number of sulfonamides is 1. The maximum absolute atomic E-state index is 12.9. The number of hydrogen-bond donors (Lipinski definition) is 1. The molecule has 0 amide bonds. The summed E-state index contributed by atoms with van der Waals surface area (Å²) in [6.07, 6.45) is 14.0. The van der Waals surface area contributed by atoms with Crippen LogP contribution >= 0.6 is 0 Å². The third-order valence-electron chi connectivity index (χ3n) is 7.63. The van der Waals surface area contributed by atoms with Gasteiger partial charge in [-0.25, -0.2) is 17.7 Å². The molecule has 2 unspecified atom stereocenters. The average molecular weight is 493 g/mol. The Hall–Kier alpha value is -1.45. The lowest BCUT2D eigenvalue weighted by Gasteiger charge is -2.42. The number of likely N-dealkylation sites (tertiary alicyclic amines) is 1. The maximum Gasteiger partial charge on any atom is 0.224 e. The summed E-state index contributed by atoms with van der Waals surface area (Å²) in [5, 5.41) is 3.60. The molecule has 3 saturated heterocycles. The van der Waals surface area contributed by atoms with Crippen molar-refractivity contribution >= 4 is 21.8 Å². The largest absolute Gasteiger partial charge is 0.356 e. The topological polar surface area (TPSA) is 81.7 Å². The summed E-state index contributed by atoms with van der Waals surface area (Å²) < 4.78 is 27.5. The van der Waals surface area contributed by atoms with Crippen LogP contribution in [0.25, 0.3) is 0 Å². The highest BCUT2D eigenvalue weighted by Gasteiger charge is 2.33. The van der Waals surface area contributed by atoms with Crippen LogP contribution in [0.5, 0.6) is 0 Å². The number of piperidine rings is 2. The molecule has 4 heterocycles. The molecular weight excluding hydrogens is 448 g/mol. The average Bonchev–Trinajstić information content (AvgIpc) is 3.14. The van der Waals surface area contributed by atoms with Crippen molar-refractivity contribution in [3.63, 3.8) is 0 Å². The SMILES string of the molecule is CCCCCS(=O)(=O)N1CCCC(N2CCCC(Nc3nccc(N4CCCCCC4)n3)C2)C1. The minimum atomic E-state index is -3.14. The van der Waals surface area contributed by atoms with Crippen molar-refractivity contribution in [2.24, 2.45) is 0 Å². The molecule has 34 heavy (non-hydrogen) atoms. The van der Waals surface area contributed by atoms with Gasteiger partial charge in [-0.15, -0.1) is 0 Å². The van der Waals surface area contributed by atoms with E-state index in [1.807, 2.05) is 12.3 Å². The van der Waals surface area contributed by atoms with E-state index in [1.165, 1.54) is 25.7 Å². The van der Waals surface area contributed by atoms with Gasteiger partial charge < -0.3 is 10.2 Å². The van der Waals surface area contributed by atoms with Crippen LogP contribution in [-0.2, 0) is 10.0 Å². The molecule has 3 aliphatic heterocycles. The fourth-order valence-corrected chi connectivity index (χ4v) is 7.30. The highest BCUT2D eigenvalue weighted by atomic mass is 32.2. The van der Waals surface area contributed by atoms with Crippen molar-refractivity contribution < 1.29 is 8.42 Å². The van der Waals surface area contributed by atoms with Crippen molar-refractivity contribution in [1.82, 2.24) is 19.2 Å². The molecule has 192 valence electrons. The second kappa shape index (κ2) is 12.5. The summed E-state index contributed by atoms with van der Waals surface area (Å²) in [5.74, 6) is 2.04. The van der Waals surface area contributed by atoms with Crippen molar-refractivity contribution in [3.8, 4) is 0 Å². The zero-order chi connectivity index (χ0) is 23.8. The van der Waals surface area contributed by atoms with Gasteiger partial charge in [0.05, 0.1) is 5.75 Å². The molecule has 0 aliphatic carbocycles. The van der Waals surface area contributed by atoms with Gasteiger partial charge in [-0.2, -0.15) is 4.98 Å². The molecule has 0 radical (unpaired) electrons. The van der Waals surface area contributed by atoms with Crippen LogP contribution in [0.3, 0.4) is 0 Å². The van der Waals surface area contributed by atoms with Crippen molar-refractivity contribution in [1.29, 1.82) is 0 Å². The van der Waals surface area contributed by atoms with E-state index in [1.54, 1.807) is 4.31 Å².